The van der Waals surface area contributed by atoms with Crippen LogP contribution < -0.4 is 10.5 Å². The monoisotopic (exact) mass is 266 g/mol. The minimum Gasteiger partial charge on any atom is -0.392 e. The Hall–Kier alpha value is -0.240. The molecule has 94 valence electrons. The first-order chi connectivity index (χ1) is 7.43. The molecule has 1 fully saturated rings. The van der Waals surface area contributed by atoms with E-state index in [4.69, 9.17) is 10.5 Å². The maximum atomic E-state index is 11.6. The molecule has 0 aliphatic carbocycles. The topological polar surface area (TPSA) is 81.4 Å². The van der Waals surface area contributed by atoms with Crippen molar-refractivity contribution < 1.29 is 13.2 Å². The van der Waals surface area contributed by atoms with Gasteiger partial charge in [0.2, 0.25) is 10.0 Å². The molecule has 0 aromatic rings. The lowest BCUT2D eigenvalue weighted by atomic mass is 10.2. The highest BCUT2D eigenvalue weighted by molar-refractivity contribution is 7.93. The molecule has 0 radical (unpaired) electrons. The second-order valence-electron chi connectivity index (χ2n) is 3.91. The number of sulfonamides is 1. The van der Waals surface area contributed by atoms with Gasteiger partial charge in [-0.3, -0.25) is 0 Å². The second kappa shape index (κ2) is 5.90. The van der Waals surface area contributed by atoms with Crippen molar-refractivity contribution in [3.8, 4) is 0 Å². The number of nitrogens with two attached hydrogens (primary N) is 1. The van der Waals surface area contributed by atoms with E-state index in [1.165, 1.54) is 6.92 Å². The van der Waals surface area contributed by atoms with Crippen molar-refractivity contribution in [2.75, 3.05) is 13.2 Å². The van der Waals surface area contributed by atoms with E-state index in [0.29, 0.717) is 13.0 Å². The number of thiocarbonyl (C=S) groups is 1. The fourth-order valence-corrected chi connectivity index (χ4v) is 2.85. The van der Waals surface area contributed by atoms with E-state index < -0.39 is 15.3 Å². The summed E-state index contributed by atoms with van der Waals surface area (Å²) in [6, 6.07) is 0. The highest BCUT2D eigenvalue weighted by atomic mass is 32.2. The molecule has 3 N–H and O–H groups in total. The van der Waals surface area contributed by atoms with Crippen LogP contribution in [-0.2, 0) is 14.8 Å². The van der Waals surface area contributed by atoms with Gasteiger partial charge in [-0.2, -0.15) is 0 Å². The zero-order valence-corrected chi connectivity index (χ0v) is 10.9. The molecule has 1 aliphatic heterocycles. The number of hydrogen-bond donors (Lipinski definition) is 2. The van der Waals surface area contributed by atoms with Gasteiger partial charge in [-0.15, -0.1) is 0 Å². The third kappa shape index (κ3) is 3.97. The van der Waals surface area contributed by atoms with Crippen LogP contribution in [0.3, 0.4) is 0 Å². The van der Waals surface area contributed by atoms with Gasteiger partial charge in [0.25, 0.3) is 0 Å². The van der Waals surface area contributed by atoms with Crippen molar-refractivity contribution in [3.63, 3.8) is 0 Å². The summed E-state index contributed by atoms with van der Waals surface area (Å²) in [5.41, 5.74) is 5.30. The maximum absolute atomic E-state index is 11.6. The smallest absolute Gasteiger partial charge is 0.220 e. The van der Waals surface area contributed by atoms with Gasteiger partial charge in [0.1, 0.15) is 5.25 Å². The summed E-state index contributed by atoms with van der Waals surface area (Å²) in [5.74, 6) is 0. The van der Waals surface area contributed by atoms with Crippen LogP contribution in [-0.4, -0.2) is 37.9 Å². The van der Waals surface area contributed by atoms with Gasteiger partial charge in [-0.05, 0) is 26.2 Å². The number of rotatable bonds is 6. The third-order valence-electron chi connectivity index (χ3n) is 2.66. The fraction of sp³-hybridized carbons (Fsp3) is 0.889. The molecule has 2 unspecified atom stereocenters. The molecule has 0 saturated carbocycles. The Balaban J connectivity index is 2.33. The average Bonchev–Trinajstić information content (AvgIpc) is 2.69. The van der Waals surface area contributed by atoms with Crippen LogP contribution >= 0.6 is 12.2 Å². The van der Waals surface area contributed by atoms with E-state index in [-0.39, 0.29) is 11.1 Å². The van der Waals surface area contributed by atoms with Crippen molar-refractivity contribution in [2.45, 2.75) is 37.5 Å². The van der Waals surface area contributed by atoms with Crippen LogP contribution in [0.4, 0.5) is 0 Å². The molecule has 0 bridgehead atoms. The van der Waals surface area contributed by atoms with Crippen LogP contribution in [0.15, 0.2) is 0 Å². The second-order valence-corrected chi connectivity index (χ2v) is 6.46. The minimum atomic E-state index is -3.42. The molecule has 1 aliphatic rings. The molecule has 0 spiro atoms. The van der Waals surface area contributed by atoms with Gasteiger partial charge in [0.05, 0.1) is 11.1 Å². The standard InChI is InChI=1S/C9H18N2O3S2/c1-7(9(10)15)16(12,13)11-5-4-8-3-2-6-14-8/h7-8,11H,2-6H2,1H3,(H2,10,15). The normalized spacial score (nSPS) is 23.2. The Kier molecular flexibility index (Phi) is 5.10. The number of nitrogens with one attached hydrogen (secondary N) is 1. The Bertz CT molecular complexity index is 337. The van der Waals surface area contributed by atoms with Crippen molar-refractivity contribution in [1.82, 2.24) is 4.72 Å². The van der Waals surface area contributed by atoms with E-state index in [2.05, 4.69) is 16.9 Å². The van der Waals surface area contributed by atoms with Crippen LogP contribution in [0.2, 0.25) is 0 Å². The fourth-order valence-electron chi connectivity index (χ4n) is 1.51. The molecular weight excluding hydrogens is 248 g/mol. The van der Waals surface area contributed by atoms with Crippen LogP contribution in [0, 0.1) is 0 Å². The van der Waals surface area contributed by atoms with E-state index in [1.54, 1.807) is 0 Å². The number of ether oxygens (including phenoxy) is 1. The zero-order chi connectivity index (χ0) is 12.2. The minimum absolute atomic E-state index is 0.00961. The van der Waals surface area contributed by atoms with Crippen LogP contribution in [0.25, 0.3) is 0 Å². The summed E-state index contributed by atoms with van der Waals surface area (Å²) in [7, 11) is -3.42. The highest BCUT2D eigenvalue weighted by Crippen LogP contribution is 2.14. The predicted octanol–water partition coefficient (Wildman–Crippen LogP) is 0.150. The molecular formula is C9H18N2O3S2. The molecule has 7 heteroatoms. The van der Waals surface area contributed by atoms with Gasteiger partial charge >= 0.3 is 0 Å². The molecule has 16 heavy (non-hydrogen) atoms. The largest absolute Gasteiger partial charge is 0.392 e. The summed E-state index contributed by atoms with van der Waals surface area (Å²) < 4.78 is 31.1. The summed E-state index contributed by atoms with van der Waals surface area (Å²) in [5, 5.41) is -0.827. The first-order valence-corrected chi connectivity index (χ1v) is 7.28. The molecule has 5 nitrogen and oxygen atoms in total. The van der Waals surface area contributed by atoms with Crippen molar-refractivity contribution >= 4 is 27.2 Å². The lowest BCUT2D eigenvalue weighted by molar-refractivity contribution is 0.105. The van der Waals surface area contributed by atoms with Gasteiger partial charge in [0, 0.05) is 13.2 Å². The van der Waals surface area contributed by atoms with Gasteiger partial charge in [0.15, 0.2) is 0 Å². The lowest BCUT2D eigenvalue weighted by Crippen LogP contribution is -2.40. The Morgan fingerprint density at radius 1 is 1.69 bits per heavy atom. The van der Waals surface area contributed by atoms with E-state index in [0.717, 1.165) is 19.4 Å². The summed E-state index contributed by atoms with van der Waals surface area (Å²) >= 11 is 4.66. The quantitative estimate of drug-likeness (QED) is 0.669. The predicted molar refractivity (Wildman–Crippen MR) is 66.8 cm³/mol. The van der Waals surface area contributed by atoms with Crippen molar-refractivity contribution in [1.29, 1.82) is 0 Å². The molecule has 0 aromatic heterocycles. The first-order valence-electron chi connectivity index (χ1n) is 5.33. The van der Waals surface area contributed by atoms with Gasteiger partial charge in [-0.1, -0.05) is 12.2 Å². The zero-order valence-electron chi connectivity index (χ0n) is 9.31. The van der Waals surface area contributed by atoms with E-state index >= 15 is 0 Å². The summed E-state index contributed by atoms with van der Waals surface area (Å²) in [4.78, 5) is -0.00961. The molecule has 1 rings (SSSR count). The molecule has 1 heterocycles. The Morgan fingerprint density at radius 2 is 2.38 bits per heavy atom. The molecule has 0 aromatic carbocycles. The summed E-state index contributed by atoms with van der Waals surface area (Å²) in [6.45, 7) is 2.64. The highest BCUT2D eigenvalue weighted by Gasteiger charge is 2.23. The van der Waals surface area contributed by atoms with E-state index in [1.807, 2.05) is 0 Å². The maximum Gasteiger partial charge on any atom is 0.220 e. The number of hydrogen-bond acceptors (Lipinski definition) is 4. The lowest BCUT2D eigenvalue weighted by Gasteiger charge is -2.14. The van der Waals surface area contributed by atoms with Gasteiger partial charge < -0.3 is 10.5 Å². The molecule has 0 amide bonds. The molecule has 2 atom stereocenters. The third-order valence-corrected chi connectivity index (χ3v) is 4.95. The van der Waals surface area contributed by atoms with Crippen molar-refractivity contribution in [2.24, 2.45) is 5.73 Å². The average molecular weight is 266 g/mol. The SMILES string of the molecule is CC(C(N)=S)S(=O)(=O)NCCC1CCCO1. The summed E-state index contributed by atoms with van der Waals surface area (Å²) in [6.07, 6.45) is 2.94. The van der Waals surface area contributed by atoms with Crippen LogP contribution in [0.1, 0.15) is 26.2 Å². The van der Waals surface area contributed by atoms with E-state index in [9.17, 15) is 8.42 Å². The molecule has 1 saturated heterocycles. The Labute approximate surface area is 102 Å². The first kappa shape index (κ1) is 13.8. The van der Waals surface area contributed by atoms with Gasteiger partial charge in [-0.25, -0.2) is 13.1 Å². The van der Waals surface area contributed by atoms with Crippen LogP contribution in [0.5, 0.6) is 0 Å². The Morgan fingerprint density at radius 3 is 2.88 bits per heavy atom. The van der Waals surface area contributed by atoms with Crippen molar-refractivity contribution in [3.05, 3.63) is 0 Å².